The van der Waals surface area contributed by atoms with Crippen LogP contribution in [0.15, 0.2) is 18.2 Å². The van der Waals surface area contributed by atoms with Crippen LogP contribution in [0.25, 0.3) is 0 Å². The fraction of sp³-hybridized carbons (Fsp3) is 0.500. The van der Waals surface area contributed by atoms with Crippen molar-refractivity contribution in [2.24, 2.45) is 5.92 Å². The molecule has 2 N–H and O–H groups in total. The number of likely N-dealkylation sites (tertiary alicyclic amines) is 1. The van der Waals surface area contributed by atoms with Crippen molar-refractivity contribution in [3.05, 3.63) is 28.8 Å². The second-order valence-electron chi connectivity index (χ2n) is 5.03. The molecule has 1 aliphatic heterocycles. The summed E-state index contributed by atoms with van der Waals surface area (Å²) >= 11 is 11.4. The number of aryl methyl sites for hydroxylation is 1. The highest BCUT2D eigenvalue weighted by atomic mass is 35.5. The lowest BCUT2D eigenvalue weighted by atomic mass is 9.99. The number of halogens is 1. The zero-order valence-corrected chi connectivity index (χ0v) is 12.6. The molecule has 1 heterocycles. The number of benzene rings is 1. The molecule has 19 heavy (non-hydrogen) atoms. The molecule has 5 heteroatoms. The number of piperidine rings is 1. The van der Waals surface area contributed by atoms with Crippen LogP contribution in [0, 0.1) is 12.8 Å². The highest BCUT2D eigenvalue weighted by Gasteiger charge is 2.21. The van der Waals surface area contributed by atoms with Crippen molar-refractivity contribution in [2.45, 2.75) is 19.8 Å². The predicted molar refractivity (Wildman–Crippen MR) is 83.8 cm³/mol. The van der Waals surface area contributed by atoms with Crippen LogP contribution in [0.5, 0.6) is 0 Å². The molecule has 104 valence electrons. The summed E-state index contributed by atoms with van der Waals surface area (Å²) in [5, 5.41) is 14.0. The van der Waals surface area contributed by atoms with Gasteiger partial charge in [0.1, 0.15) is 0 Å². The van der Waals surface area contributed by atoms with Gasteiger partial charge in [-0.1, -0.05) is 11.6 Å². The number of hydrogen-bond acceptors (Lipinski definition) is 2. The van der Waals surface area contributed by atoms with Gasteiger partial charge in [-0.2, -0.15) is 0 Å². The summed E-state index contributed by atoms with van der Waals surface area (Å²) in [6.07, 6.45) is 2.15. The zero-order valence-electron chi connectivity index (χ0n) is 11.0. The fourth-order valence-electron chi connectivity index (χ4n) is 2.36. The van der Waals surface area contributed by atoms with Crippen LogP contribution in [-0.2, 0) is 0 Å². The van der Waals surface area contributed by atoms with Gasteiger partial charge in [-0.3, -0.25) is 0 Å². The Bertz CT molecular complexity index is 467. The number of anilines is 1. The molecule has 1 fully saturated rings. The largest absolute Gasteiger partial charge is 0.396 e. The van der Waals surface area contributed by atoms with E-state index in [9.17, 15) is 5.11 Å². The Hall–Kier alpha value is -0.840. The van der Waals surface area contributed by atoms with Gasteiger partial charge in [0.15, 0.2) is 5.11 Å². The number of aliphatic hydroxyl groups excluding tert-OH is 1. The van der Waals surface area contributed by atoms with Crippen molar-refractivity contribution in [2.75, 3.05) is 25.0 Å². The van der Waals surface area contributed by atoms with Gasteiger partial charge in [-0.15, -0.1) is 0 Å². The molecule has 0 bridgehead atoms. The fourth-order valence-corrected chi connectivity index (χ4v) is 2.86. The molecular formula is C14H19ClN2OS. The first kappa shape index (κ1) is 14.6. The highest BCUT2D eigenvalue weighted by molar-refractivity contribution is 7.80. The molecule has 0 aliphatic carbocycles. The summed E-state index contributed by atoms with van der Waals surface area (Å²) in [6, 6.07) is 5.71. The summed E-state index contributed by atoms with van der Waals surface area (Å²) in [5.74, 6) is 0.333. The van der Waals surface area contributed by atoms with E-state index >= 15 is 0 Å². The molecular weight excluding hydrogens is 280 g/mol. The number of thiocarbonyl (C=S) groups is 1. The van der Waals surface area contributed by atoms with Gasteiger partial charge in [0, 0.05) is 30.4 Å². The van der Waals surface area contributed by atoms with Crippen LogP contribution in [-0.4, -0.2) is 34.8 Å². The third kappa shape index (κ3) is 3.81. The van der Waals surface area contributed by atoms with Crippen molar-refractivity contribution in [1.29, 1.82) is 0 Å². The number of aliphatic hydroxyl groups is 1. The second kappa shape index (κ2) is 6.55. The van der Waals surface area contributed by atoms with Crippen molar-refractivity contribution in [1.82, 2.24) is 4.90 Å². The van der Waals surface area contributed by atoms with Crippen LogP contribution >= 0.6 is 23.8 Å². The quantitative estimate of drug-likeness (QED) is 0.823. The first-order valence-electron chi connectivity index (χ1n) is 6.53. The maximum Gasteiger partial charge on any atom is 0.173 e. The van der Waals surface area contributed by atoms with Crippen molar-refractivity contribution in [3.8, 4) is 0 Å². The SMILES string of the molecule is Cc1cc(Cl)ccc1NC(=S)N1CCC[C@@H](CO)C1. The molecule has 0 unspecified atom stereocenters. The van der Waals surface area contributed by atoms with Crippen LogP contribution in [0.1, 0.15) is 18.4 Å². The van der Waals surface area contributed by atoms with Crippen LogP contribution < -0.4 is 5.32 Å². The van der Waals surface area contributed by atoms with Gasteiger partial charge in [0.25, 0.3) is 0 Å². The van der Waals surface area contributed by atoms with Gasteiger partial charge in [-0.25, -0.2) is 0 Å². The van der Waals surface area contributed by atoms with Crippen LogP contribution in [0.3, 0.4) is 0 Å². The Morgan fingerprint density at radius 3 is 3.05 bits per heavy atom. The number of nitrogens with one attached hydrogen (secondary N) is 1. The summed E-state index contributed by atoms with van der Waals surface area (Å²) in [5.41, 5.74) is 2.06. The molecule has 1 atom stereocenters. The maximum atomic E-state index is 9.25. The third-order valence-electron chi connectivity index (χ3n) is 3.49. The molecule has 1 aromatic carbocycles. The number of hydrogen-bond donors (Lipinski definition) is 2. The first-order chi connectivity index (χ1) is 9.10. The molecule has 0 radical (unpaired) electrons. The second-order valence-corrected chi connectivity index (χ2v) is 5.85. The van der Waals surface area contributed by atoms with E-state index in [0.29, 0.717) is 5.92 Å². The Balaban J connectivity index is 2.00. The molecule has 0 aromatic heterocycles. The smallest absolute Gasteiger partial charge is 0.173 e. The third-order valence-corrected chi connectivity index (χ3v) is 4.09. The minimum Gasteiger partial charge on any atom is -0.396 e. The number of nitrogens with zero attached hydrogens (tertiary/aromatic N) is 1. The molecule has 2 rings (SSSR count). The van der Waals surface area contributed by atoms with E-state index < -0.39 is 0 Å². The van der Waals surface area contributed by atoms with Crippen molar-refractivity contribution < 1.29 is 5.11 Å². The van der Waals surface area contributed by atoms with E-state index in [0.717, 1.165) is 47.3 Å². The van der Waals surface area contributed by atoms with E-state index in [1.165, 1.54) is 0 Å². The molecule has 1 saturated heterocycles. The van der Waals surface area contributed by atoms with Crippen LogP contribution in [0.2, 0.25) is 5.02 Å². The molecule has 1 aromatic rings. The van der Waals surface area contributed by atoms with E-state index in [-0.39, 0.29) is 6.61 Å². The number of rotatable bonds is 2. The Morgan fingerprint density at radius 1 is 1.58 bits per heavy atom. The summed E-state index contributed by atoms with van der Waals surface area (Å²) in [7, 11) is 0. The Morgan fingerprint density at radius 2 is 2.37 bits per heavy atom. The topological polar surface area (TPSA) is 35.5 Å². The van der Waals surface area contributed by atoms with E-state index in [2.05, 4.69) is 10.2 Å². The van der Waals surface area contributed by atoms with Gasteiger partial charge in [0.2, 0.25) is 0 Å². The minimum absolute atomic E-state index is 0.235. The summed E-state index contributed by atoms with van der Waals surface area (Å²) < 4.78 is 0. The average molecular weight is 299 g/mol. The average Bonchev–Trinajstić information content (AvgIpc) is 2.42. The van der Waals surface area contributed by atoms with Crippen molar-refractivity contribution in [3.63, 3.8) is 0 Å². The monoisotopic (exact) mass is 298 g/mol. The van der Waals surface area contributed by atoms with E-state index in [1.54, 1.807) is 0 Å². The van der Waals surface area contributed by atoms with Crippen LogP contribution in [0.4, 0.5) is 5.69 Å². The van der Waals surface area contributed by atoms with Gasteiger partial charge >= 0.3 is 0 Å². The minimum atomic E-state index is 0.235. The Kier molecular flexibility index (Phi) is 5.02. The zero-order chi connectivity index (χ0) is 13.8. The molecule has 0 saturated carbocycles. The molecule has 3 nitrogen and oxygen atoms in total. The summed E-state index contributed by atoms with van der Waals surface area (Å²) in [4.78, 5) is 2.13. The lowest BCUT2D eigenvalue weighted by Gasteiger charge is -2.34. The lowest BCUT2D eigenvalue weighted by Crippen LogP contribution is -2.43. The highest BCUT2D eigenvalue weighted by Crippen LogP contribution is 2.21. The lowest BCUT2D eigenvalue weighted by molar-refractivity contribution is 0.162. The normalized spacial score (nSPS) is 19.3. The predicted octanol–water partition coefficient (Wildman–Crippen LogP) is 3.05. The Labute approximate surface area is 124 Å². The van der Waals surface area contributed by atoms with E-state index in [1.807, 2.05) is 25.1 Å². The molecule has 1 aliphatic rings. The molecule has 0 amide bonds. The van der Waals surface area contributed by atoms with E-state index in [4.69, 9.17) is 23.8 Å². The summed E-state index contributed by atoms with van der Waals surface area (Å²) in [6.45, 7) is 4.02. The van der Waals surface area contributed by atoms with Gasteiger partial charge in [-0.05, 0) is 61.7 Å². The maximum absolute atomic E-state index is 9.25. The van der Waals surface area contributed by atoms with Gasteiger partial charge < -0.3 is 15.3 Å². The first-order valence-corrected chi connectivity index (χ1v) is 7.31. The standard InChI is InChI=1S/C14H19ClN2OS/c1-10-7-12(15)4-5-13(10)16-14(19)17-6-2-3-11(8-17)9-18/h4-5,7,11,18H,2-3,6,8-9H2,1H3,(H,16,19)/t11-/m1/s1. The molecule has 0 spiro atoms. The van der Waals surface area contributed by atoms with Gasteiger partial charge in [0.05, 0.1) is 0 Å². The van der Waals surface area contributed by atoms with Crippen molar-refractivity contribution >= 4 is 34.6 Å².